The summed E-state index contributed by atoms with van der Waals surface area (Å²) in [6.45, 7) is 13.6. The van der Waals surface area contributed by atoms with Crippen LogP contribution in [0.3, 0.4) is 0 Å². The average Bonchev–Trinajstić information content (AvgIpc) is 2.67. The summed E-state index contributed by atoms with van der Waals surface area (Å²) in [5.74, 6) is 4.73. The lowest BCUT2D eigenvalue weighted by Crippen LogP contribution is -2.02. The highest BCUT2D eigenvalue weighted by Crippen LogP contribution is 2.22. The Morgan fingerprint density at radius 3 is 1.95 bits per heavy atom. The summed E-state index contributed by atoms with van der Waals surface area (Å²) in [7, 11) is 0. The highest BCUT2D eigenvalue weighted by molar-refractivity contribution is 5.18. The van der Waals surface area contributed by atoms with Gasteiger partial charge in [0.1, 0.15) is 11.5 Å². The van der Waals surface area contributed by atoms with Gasteiger partial charge in [-0.3, -0.25) is 0 Å². The lowest BCUT2D eigenvalue weighted by atomic mass is 9.92. The van der Waals surface area contributed by atoms with Gasteiger partial charge in [0.05, 0.1) is 0 Å². The van der Waals surface area contributed by atoms with E-state index in [1.165, 1.54) is 49.8 Å². The molecule has 1 heteroatoms. The molecule has 0 amide bonds. The molecule has 1 rings (SSSR count). The van der Waals surface area contributed by atoms with Crippen LogP contribution in [-0.2, 0) is 6.42 Å². The van der Waals surface area contributed by atoms with Crippen LogP contribution >= 0.6 is 0 Å². The molecule has 0 saturated carbocycles. The second kappa shape index (κ2) is 9.33. The average molecular weight is 293 g/mol. The van der Waals surface area contributed by atoms with Gasteiger partial charge in [0.25, 0.3) is 0 Å². The number of furan rings is 1. The lowest BCUT2D eigenvalue weighted by molar-refractivity contribution is 0.383. The number of rotatable bonds is 10. The first-order valence-electron chi connectivity index (χ1n) is 8.94. The molecule has 21 heavy (non-hydrogen) atoms. The highest BCUT2D eigenvalue weighted by Gasteiger charge is 2.10. The Morgan fingerprint density at radius 1 is 0.857 bits per heavy atom. The van der Waals surface area contributed by atoms with Crippen molar-refractivity contribution in [2.75, 3.05) is 0 Å². The van der Waals surface area contributed by atoms with Crippen LogP contribution in [0, 0.1) is 31.6 Å². The van der Waals surface area contributed by atoms with Crippen LogP contribution < -0.4 is 0 Å². The monoisotopic (exact) mass is 292 g/mol. The molecule has 2 unspecified atom stereocenters. The molecule has 0 aliphatic carbocycles. The van der Waals surface area contributed by atoms with E-state index in [0.29, 0.717) is 0 Å². The Balaban J connectivity index is 2.14. The summed E-state index contributed by atoms with van der Waals surface area (Å²) in [4.78, 5) is 0. The predicted octanol–water partition coefficient (Wildman–Crippen LogP) is 6.71. The Bertz CT molecular complexity index is 369. The summed E-state index contributed by atoms with van der Waals surface area (Å²) in [5.41, 5.74) is 1.29. The fourth-order valence-electron chi connectivity index (χ4n) is 3.03. The largest absolute Gasteiger partial charge is 0.466 e. The van der Waals surface area contributed by atoms with Crippen LogP contribution in [-0.4, -0.2) is 0 Å². The molecular weight excluding hydrogens is 256 g/mol. The molecule has 0 bridgehead atoms. The summed E-state index contributed by atoms with van der Waals surface area (Å²) in [5, 5.41) is 0. The Labute approximate surface area is 132 Å². The maximum atomic E-state index is 5.79. The van der Waals surface area contributed by atoms with Crippen LogP contribution in [0.1, 0.15) is 83.3 Å². The van der Waals surface area contributed by atoms with Gasteiger partial charge in [0.2, 0.25) is 0 Å². The minimum Gasteiger partial charge on any atom is -0.466 e. The Morgan fingerprint density at radius 2 is 1.43 bits per heavy atom. The van der Waals surface area contributed by atoms with Gasteiger partial charge in [-0.1, -0.05) is 66.2 Å². The quantitative estimate of drug-likeness (QED) is 0.467. The molecule has 1 nitrogen and oxygen atoms in total. The van der Waals surface area contributed by atoms with Crippen molar-refractivity contribution in [3.63, 3.8) is 0 Å². The van der Waals surface area contributed by atoms with E-state index >= 15 is 0 Å². The molecule has 0 aromatic carbocycles. The lowest BCUT2D eigenvalue weighted by Gasteiger charge is -2.14. The van der Waals surface area contributed by atoms with Crippen molar-refractivity contribution in [1.82, 2.24) is 0 Å². The zero-order valence-corrected chi connectivity index (χ0v) is 15.2. The highest BCUT2D eigenvalue weighted by atomic mass is 16.3. The van der Waals surface area contributed by atoms with E-state index in [1.54, 1.807) is 0 Å². The molecule has 0 spiro atoms. The molecule has 1 aromatic heterocycles. The van der Waals surface area contributed by atoms with E-state index < -0.39 is 0 Å². The maximum Gasteiger partial charge on any atom is 0.104 e. The van der Waals surface area contributed by atoms with Gasteiger partial charge in [-0.2, -0.15) is 0 Å². The summed E-state index contributed by atoms with van der Waals surface area (Å²) >= 11 is 0. The molecule has 0 aliphatic heterocycles. The second-order valence-electron chi connectivity index (χ2n) is 7.62. The van der Waals surface area contributed by atoms with Crippen LogP contribution in [0.5, 0.6) is 0 Å². The fourth-order valence-corrected chi connectivity index (χ4v) is 3.03. The molecule has 0 radical (unpaired) electrons. The van der Waals surface area contributed by atoms with E-state index in [2.05, 4.69) is 47.6 Å². The van der Waals surface area contributed by atoms with Crippen molar-refractivity contribution in [2.45, 2.75) is 86.5 Å². The topological polar surface area (TPSA) is 13.1 Å². The molecule has 122 valence electrons. The molecule has 0 saturated heterocycles. The minimum atomic E-state index is 0.734. The molecule has 0 aliphatic rings. The standard InChI is InChI=1S/C20H36O/c1-15(2)9-7-10-16(3)11-8-12-17(4)13-20-14-18(5)19(6)21-20/h14-17H,7-13H2,1-6H3. The van der Waals surface area contributed by atoms with Gasteiger partial charge in [0.15, 0.2) is 0 Å². The van der Waals surface area contributed by atoms with Gasteiger partial charge < -0.3 is 4.42 Å². The maximum absolute atomic E-state index is 5.79. The van der Waals surface area contributed by atoms with Crippen LogP contribution in [0.4, 0.5) is 0 Å². The smallest absolute Gasteiger partial charge is 0.104 e. The first-order valence-corrected chi connectivity index (χ1v) is 8.94. The molecule has 1 aromatic rings. The number of hydrogen-bond donors (Lipinski definition) is 0. The third-order valence-electron chi connectivity index (χ3n) is 4.64. The van der Waals surface area contributed by atoms with E-state index in [0.717, 1.165) is 29.9 Å². The van der Waals surface area contributed by atoms with Crippen molar-refractivity contribution in [2.24, 2.45) is 17.8 Å². The minimum absolute atomic E-state index is 0.734. The summed E-state index contributed by atoms with van der Waals surface area (Å²) < 4.78 is 5.79. The second-order valence-corrected chi connectivity index (χ2v) is 7.62. The fraction of sp³-hybridized carbons (Fsp3) is 0.800. The first kappa shape index (κ1) is 18.3. The van der Waals surface area contributed by atoms with E-state index in [-0.39, 0.29) is 0 Å². The molecule has 1 heterocycles. The van der Waals surface area contributed by atoms with Gasteiger partial charge in [0, 0.05) is 6.42 Å². The van der Waals surface area contributed by atoms with Gasteiger partial charge in [-0.05, 0) is 43.2 Å². The number of hydrogen-bond acceptors (Lipinski definition) is 1. The van der Waals surface area contributed by atoms with E-state index in [1.807, 2.05) is 0 Å². The predicted molar refractivity (Wildman–Crippen MR) is 92.8 cm³/mol. The van der Waals surface area contributed by atoms with Crippen molar-refractivity contribution < 1.29 is 4.42 Å². The third-order valence-corrected chi connectivity index (χ3v) is 4.64. The Kier molecular flexibility index (Phi) is 8.14. The van der Waals surface area contributed by atoms with Gasteiger partial charge in [-0.15, -0.1) is 0 Å². The van der Waals surface area contributed by atoms with Crippen LogP contribution in [0.25, 0.3) is 0 Å². The van der Waals surface area contributed by atoms with E-state index in [9.17, 15) is 0 Å². The molecule has 2 atom stereocenters. The van der Waals surface area contributed by atoms with Gasteiger partial charge >= 0.3 is 0 Å². The van der Waals surface area contributed by atoms with Crippen LogP contribution in [0.15, 0.2) is 10.5 Å². The zero-order valence-electron chi connectivity index (χ0n) is 15.2. The molecule has 0 fully saturated rings. The summed E-state index contributed by atoms with van der Waals surface area (Å²) in [6, 6.07) is 2.21. The van der Waals surface area contributed by atoms with E-state index in [4.69, 9.17) is 4.42 Å². The number of aryl methyl sites for hydroxylation is 2. The van der Waals surface area contributed by atoms with Crippen molar-refractivity contribution in [1.29, 1.82) is 0 Å². The van der Waals surface area contributed by atoms with Crippen molar-refractivity contribution in [3.8, 4) is 0 Å². The normalized spacial score (nSPS) is 14.6. The molecular formula is C20H36O. The summed E-state index contributed by atoms with van der Waals surface area (Å²) in [6.07, 6.45) is 9.37. The zero-order chi connectivity index (χ0) is 15.8. The first-order chi connectivity index (χ1) is 9.88. The van der Waals surface area contributed by atoms with Gasteiger partial charge in [-0.25, -0.2) is 0 Å². The van der Waals surface area contributed by atoms with Crippen molar-refractivity contribution in [3.05, 3.63) is 23.2 Å². The third kappa shape index (κ3) is 7.74. The van der Waals surface area contributed by atoms with Crippen LogP contribution in [0.2, 0.25) is 0 Å². The molecule has 0 N–H and O–H groups in total. The SMILES string of the molecule is Cc1cc(CC(C)CCCC(C)CCCC(C)C)oc1C. The Hall–Kier alpha value is -0.720. The van der Waals surface area contributed by atoms with Crippen molar-refractivity contribution >= 4 is 0 Å².